The normalized spacial score (nSPS) is 12.2. The van der Waals surface area contributed by atoms with Crippen molar-refractivity contribution in [1.29, 1.82) is 0 Å². The number of aromatic amines is 1. The van der Waals surface area contributed by atoms with E-state index in [0.717, 1.165) is 22.1 Å². The van der Waals surface area contributed by atoms with E-state index in [0.29, 0.717) is 0 Å². The summed E-state index contributed by atoms with van der Waals surface area (Å²) in [6.07, 6.45) is 0. The van der Waals surface area contributed by atoms with Gasteiger partial charge in [-0.3, -0.25) is 0 Å². The van der Waals surface area contributed by atoms with Crippen LogP contribution in [0.15, 0.2) is 77.2 Å². The van der Waals surface area contributed by atoms with Gasteiger partial charge in [-0.1, -0.05) is 42.5 Å². The number of H-pyrrole nitrogens is 1. The molecule has 0 aliphatic carbocycles. The van der Waals surface area contributed by atoms with Crippen LogP contribution in [-0.4, -0.2) is 4.98 Å². The molecule has 0 saturated heterocycles. The number of hydrogen-bond acceptors (Lipinski definition) is 1. The summed E-state index contributed by atoms with van der Waals surface area (Å²) in [5.74, 6) is 0. The number of hydrogen-bond donors (Lipinski definition) is 1. The van der Waals surface area contributed by atoms with Gasteiger partial charge >= 0.3 is 0 Å². The lowest BCUT2D eigenvalue weighted by atomic mass is 10.0. The van der Waals surface area contributed by atoms with Gasteiger partial charge in [0, 0.05) is 38.0 Å². The molecule has 0 amide bonds. The Morgan fingerprint density at radius 2 is 1.42 bits per heavy atom. The SMILES string of the molecule is c1ccc2c(c1)[nH]c1cc3c(ccc4c5ccccc5oc34)cc12. The van der Waals surface area contributed by atoms with Gasteiger partial charge < -0.3 is 9.40 Å². The first-order valence-corrected chi connectivity index (χ1v) is 8.13. The van der Waals surface area contributed by atoms with E-state index >= 15 is 0 Å². The molecule has 2 nitrogen and oxygen atoms in total. The lowest BCUT2D eigenvalue weighted by Crippen LogP contribution is -1.75. The average molecular weight is 307 g/mol. The number of fused-ring (bicyclic) bond motifs is 8. The van der Waals surface area contributed by atoms with Crippen LogP contribution in [0.2, 0.25) is 0 Å². The van der Waals surface area contributed by atoms with Gasteiger partial charge in [0.05, 0.1) is 0 Å². The van der Waals surface area contributed by atoms with E-state index in [-0.39, 0.29) is 0 Å². The molecule has 2 heterocycles. The summed E-state index contributed by atoms with van der Waals surface area (Å²) >= 11 is 0. The lowest BCUT2D eigenvalue weighted by molar-refractivity contribution is 0.672. The fraction of sp³-hybridized carbons (Fsp3) is 0. The van der Waals surface area contributed by atoms with Gasteiger partial charge in [0.2, 0.25) is 0 Å². The van der Waals surface area contributed by atoms with Crippen LogP contribution in [0.25, 0.3) is 54.5 Å². The second-order valence-corrected chi connectivity index (χ2v) is 6.33. The number of rotatable bonds is 0. The predicted octanol–water partition coefficient (Wildman–Crippen LogP) is 6.37. The summed E-state index contributed by atoms with van der Waals surface area (Å²) < 4.78 is 6.17. The highest BCUT2D eigenvalue weighted by Crippen LogP contribution is 2.36. The van der Waals surface area contributed by atoms with Gasteiger partial charge in [0.15, 0.2) is 0 Å². The van der Waals surface area contributed by atoms with Crippen LogP contribution in [-0.2, 0) is 0 Å². The Morgan fingerprint density at radius 3 is 2.38 bits per heavy atom. The Labute approximate surface area is 137 Å². The molecule has 0 unspecified atom stereocenters. The maximum absolute atomic E-state index is 6.17. The second kappa shape index (κ2) is 4.18. The minimum atomic E-state index is 0.941. The van der Waals surface area contributed by atoms with E-state index in [1.807, 2.05) is 12.1 Å². The molecule has 6 aromatic rings. The molecule has 1 N–H and O–H groups in total. The highest BCUT2D eigenvalue weighted by atomic mass is 16.3. The summed E-state index contributed by atoms with van der Waals surface area (Å²) in [5, 5.41) is 7.23. The molecule has 24 heavy (non-hydrogen) atoms. The predicted molar refractivity (Wildman–Crippen MR) is 101 cm³/mol. The molecular formula is C22H13NO. The van der Waals surface area contributed by atoms with Crippen LogP contribution in [0.5, 0.6) is 0 Å². The van der Waals surface area contributed by atoms with E-state index in [2.05, 4.69) is 65.6 Å². The Hall–Kier alpha value is -3.26. The molecule has 0 atom stereocenters. The molecule has 0 radical (unpaired) electrons. The molecule has 2 aromatic heterocycles. The Kier molecular flexibility index (Phi) is 2.12. The first-order valence-electron chi connectivity index (χ1n) is 8.13. The molecule has 0 bridgehead atoms. The van der Waals surface area contributed by atoms with E-state index in [1.165, 1.54) is 32.4 Å². The van der Waals surface area contributed by atoms with Crippen LogP contribution in [0, 0.1) is 0 Å². The molecule has 0 aliphatic heterocycles. The topological polar surface area (TPSA) is 28.9 Å². The summed E-state index contributed by atoms with van der Waals surface area (Å²) in [5.41, 5.74) is 4.23. The third kappa shape index (κ3) is 1.45. The summed E-state index contributed by atoms with van der Waals surface area (Å²) in [6.45, 7) is 0. The largest absolute Gasteiger partial charge is 0.455 e. The standard InChI is InChI=1S/C22H13NO/c1-3-7-19-14(5-1)18-11-13-9-10-16-15-6-2-4-8-21(15)24-22(16)17(13)12-20(18)23-19/h1-12,23H. The summed E-state index contributed by atoms with van der Waals surface area (Å²) in [4.78, 5) is 3.53. The summed E-state index contributed by atoms with van der Waals surface area (Å²) in [7, 11) is 0. The lowest BCUT2D eigenvalue weighted by Gasteiger charge is -2.00. The van der Waals surface area contributed by atoms with Gasteiger partial charge in [-0.25, -0.2) is 0 Å². The van der Waals surface area contributed by atoms with E-state index in [1.54, 1.807) is 0 Å². The highest BCUT2D eigenvalue weighted by Gasteiger charge is 2.12. The smallest absolute Gasteiger partial charge is 0.143 e. The van der Waals surface area contributed by atoms with E-state index < -0.39 is 0 Å². The quantitative estimate of drug-likeness (QED) is 0.347. The van der Waals surface area contributed by atoms with Gasteiger partial charge in [-0.15, -0.1) is 0 Å². The molecule has 0 spiro atoms. The Morgan fingerprint density at radius 1 is 0.583 bits per heavy atom. The van der Waals surface area contributed by atoms with Crippen molar-refractivity contribution < 1.29 is 4.42 Å². The van der Waals surface area contributed by atoms with Crippen LogP contribution in [0.1, 0.15) is 0 Å². The van der Waals surface area contributed by atoms with Crippen LogP contribution < -0.4 is 0 Å². The van der Waals surface area contributed by atoms with E-state index in [9.17, 15) is 0 Å². The van der Waals surface area contributed by atoms with Gasteiger partial charge in [-0.2, -0.15) is 0 Å². The van der Waals surface area contributed by atoms with Crippen molar-refractivity contribution in [1.82, 2.24) is 4.98 Å². The fourth-order valence-electron chi connectivity index (χ4n) is 3.85. The Bertz CT molecular complexity index is 1390. The zero-order valence-electron chi connectivity index (χ0n) is 12.8. The molecule has 4 aromatic carbocycles. The van der Waals surface area contributed by atoms with Crippen LogP contribution in [0.4, 0.5) is 0 Å². The highest BCUT2D eigenvalue weighted by molar-refractivity contribution is 6.19. The number of benzene rings is 4. The van der Waals surface area contributed by atoms with Crippen molar-refractivity contribution in [2.45, 2.75) is 0 Å². The zero-order chi connectivity index (χ0) is 15.7. The summed E-state index contributed by atoms with van der Waals surface area (Å²) in [6, 6.07) is 25.5. The minimum absolute atomic E-state index is 0.941. The fourth-order valence-corrected chi connectivity index (χ4v) is 3.85. The molecule has 0 saturated carbocycles. The van der Waals surface area contributed by atoms with Gasteiger partial charge in [0.1, 0.15) is 11.2 Å². The average Bonchev–Trinajstić information content (AvgIpc) is 3.18. The number of nitrogens with one attached hydrogen (secondary N) is 1. The second-order valence-electron chi connectivity index (χ2n) is 6.33. The van der Waals surface area contributed by atoms with Crippen molar-refractivity contribution >= 4 is 54.5 Å². The third-order valence-corrected chi connectivity index (χ3v) is 4.98. The van der Waals surface area contributed by atoms with Crippen molar-refractivity contribution in [3.63, 3.8) is 0 Å². The number of aromatic nitrogens is 1. The van der Waals surface area contributed by atoms with Gasteiger partial charge in [0.25, 0.3) is 0 Å². The van der Waals surface area contributed by atoms with Crippen molar-refractivity contribution in [2.75, 3.05) is 0 Å². The first kappa shape index (κ1) is 12.2. The molecule has 6 rings (SSSR count). The molecule has 0 aliphatic rings. The third-order valence-electron chi connectivity index (χ3n) is 4.98. The maximum Gasteiger partial charge on any atom is 0.143 e. The van der Waals surface area contributed by atoms with Crippen molar-refractivity contribution in [3.05, 3.63) is 72.8 Å². The maximum atomic E-state index is 6.17. The van der Waals surface area contributed by atoms with Gasteiger partial charge in [-0.05, 0) is 35.7 Å². The Balaban J connectivity index is 1.85. The first-order chi connectivity index (χ1) is 11.9. The minimum Gasteiger partial charge on any atom is -0.455 e. The molecule has 112 valence electrons. The molecule has 2 heteroatoms. The van der Waals surface area contributed by atoms with E-state index in [4.69, 9.17) is 4.42 Å². The molecular weight excluding hydrogens is 294 g/mol. The van der Waals surface area contributed by atoms with Crippen molar-refractivity contribution in [3.8, 4) is 0 Å². The van der Waals surface area contributed by atoms with Crippen LogP contribution >= 0.6 is 0 Å². The number of furan rings is 1. The zero-order valence-corrected chi connectivity index (χ0v) is 12.8. The number of para-hydroxylation sites is 2. The molecule has 0 fully saturated rings. The van der Waals surface area contributed by atoms with Crippen molar-refractivity contribution in [2.24, 2.45) is 0 Å². The monoisotopic (exact) mass is 307 g/mol. The van der Waals surface area contributed by atoms with Crippen LogP contribution in [0.3, 0.4) is 0 Å².